The van der Waals surface area contributed by atoms with Gasteiger partial charge in [-0.1, -0.05) is 96.8 Å². The third-order valence-corrected chi connectivity index (χ3v) is 4.67. The number of fused-ring (bicyclic) bond motifs is 1. The van der Waals surface area contributed by atoms with Gasteiger partial charge in [0.15, 0.2) is 0 Å². The Kier molecular flexibility index (Phi) is 6.18. The van der Waals surface area contributed by atoms with E-state index in [-0.39, 0.29) is 0 Å². The van der Waals surface area contributed by atoms with Gasteiger partial charge in [-0.05, 0) is 46.2 Å². The van der Waals surface area contributed by atoms with Crippen LogP contribution in [0.3, 0.4) is 0 Å². The minimum Gasteiger partial charge on any atom is -0.373 e. The van der Waals surface area contributed by atoms with Crippen LogP contribution >= 0.6 is 0 Å². The lowest BCUT2D eigenvalue weighted by Gasteiger charge is -2.04. The molecule has 0 N–H and O–H groups in total. The van der Waals surface area contributed by atoms with Gasteiger partial charge in [-0.15, -0.1) is 0 Å². The molecule has 0 aliphatic heterocycles. The first-order valence-corrected chi connectivity index (χ1v) is 9.76. The molecule has 1 heteroatoms. The smallest absolute Gasteiger partial charge is 0.0721 e. The van der Waals surface area contributed by atoms with E-state index in [1.807, 2.05) is 54.6 Å². The molecular weight excluding hydrogens is 352 g/mol. The van der Waals surface area contributed by atoms with E-state index in [2.05, 4.69) is 66.4 Å². The number of ether oxygens (including phenoxy) is 1. The van der Waals surface area contributed by atoms with Crippen LogP contribution in [-0.2, 0) is 11.3 Å². The van der Waals surface area contributed by atoms with E-state index < -0.39 is 0 Å². The first kappa shape index (κ1) is 18.7. The van der Waals surface area contributed by atoms with Crippen molar-refractivity contribution in [1.82, 2.24) is 0 Å². The topological polar surface area (TPSA) is 9.23 Å². The average molecular weight is 374 g/mol. The molecule has 4 aromatic carbocycles. The molecule has 0 aromatic heterocycles. The van der Waals surface area contributed by atoms with Crippen molar-refractivity contribution in [3.8, 4) is 11.8 Å². The zero-order chi connectivity index (χ0) is 19.7. The van der Waals surface area contributed by atoms with Crippen molar-refractivity contribution in [2.75, 3.05) is 6.61 Å². The fourth-order valence-electron chi connectivity index (χ4n) is 3.17. The highest BCUT2D eigenvalue weighted by Crippen LogP contribution is 2.16. The van der Waals surface area contributed by atoms with Crippen molar-refractivity contribution >= 4 is 16.8 Å². The first-order valence-electron chi connectivity index (χ1n) is 9.76. The van der Waals surface area contributed by atoms with Gasteiger partial charge in [0.05, 0.1) is 13.2 Å². The third kappa shape index (κ3) is 5.23. The van der Waals surface area contributed by atoms with Gasteiger partial charge in [0.1, 0.15) is 0 Å². The molecule has 0 unspecified atom stereocenters. The van der Waals surface area contributed by atoms with E-state index in [1.165, 1.54) is 16.3 Å². The monoisotopic (exact) mass is 374 g/mol. The summed E-state index contributed by atoms with van der Waals surface area (Å²) in [5.74, 6) is 6.50. The Morgan fingerprint density at radius 3 is 2.34 bits per heavy atom. The molecule has 0 amide bonds. The molecule has 0 saturated carbocycles. The second-order valence-corrected chi connectivity index (χ2v) is 6.80. The van der Waals surface area contributed by atoms with Crippen LogP contribution in [0.1, 0.15) is 22.3 Å². The van der Waals surface area contributed by atoms with Gasteiger partial charge < -0.3 is 4.74 Å². The lowest BCUT2D eigenvalue weighted by Crippen LogP contribution is -1.93. The summed E-state index contributed by atoms with van der Waals surface area (Å²) in [6.07, 6.45) is 4.12. The van der Waals surface area contributed by atoms with E-state index in [0.29, 0.717) is 13.2 Å². The van der Waals surface area contributed by atoms with E-state index in [0.717, 1.165) is 16.7 Å². The largest absolute Gasteiger partial charge is 0.373 e. The van der Waals surface area contributed by atoms with Crippen molar-refractivity contribution in [2.24, 2.45) is 0 Å². The molecule has 4 aromatic rings. The fraction of sp³-hybridized carbons (Fsp3) is 0.0714. The second kappa shape index (κ2) is 9.55. The Bertz CT molecular complexity index is 1180. The van der Waals surface area contributed by atoms with Crippen molar-refractivity contribution in [1.29, 1.82) is 0 Å². The summed E-state index contributed by atoms with van der Waals surface area (Å²) in [6.45, 7) is 1.16. The Labute approximate surface area is 172 Å². The quantitative estimate of drug-likeness (QED) is 0.287. The highest BCUT2D eigenvalue weighted by Gasteiger charge is 1.97. The Morgan fingerprint density at radius 1 is 0.690 bits per heavy atom. The SMILES string of the molecule is C(#Cc1ccccc1C=CCOCc1ccc2ccccc2c1)c1ccccc1. The molecule has 0 bridgehead atoms. The summed E-state index contributed by atoms with van der Waals surface area (Å²) in [5.41, 5.74) is 4.32. The Hall–Kier alpha value is -3.60. The number of benzene rings is 4. The zero-order valence-corrected chi connectivity index (χ0v) is 16.2. The predicted molar refractivity (Wildman–Crippen MR) is 122 cm³/mol. The van der Waals surface area contributed by atoms with Gasteiger partial charge in [0.2, 0.25) is 0 Å². The molecule has 0 radical (unpaired) electrons. The van der Waals surface area contributed by atoms with Crippen molar-refractivity contribution < 1.29 is 4.74 Å². The van der Waals surface area contributed by atoms with E-state index >= 15 is 0 Å². The lowest BCUT2D eigenvalue weighted by atomic mass is 10.1. The number of hydrogen-bond acceptors (Lipinski definition) is 1. The van der Waals surface area contributed by atoms with Crippen molar-refractivity contribution in [3.05, 3.63) is 125 Å². The van der Waals surface area contributed by atoms with Crippen LogP contribution in [0.2, 0.25) is 0 Å². The minimum absolute atomic E-state index is 0.563. The third-order valence-electron chi connectivity index (χ3n) is 4.67. The summed E-state index contributed by atoms with van der Waals surface area (Å²) in [6, 6.07) is 33.1. The van der Waals surface area contributed by atoms with Gasteiger partial charge in [-0.2, -0.15) is 0 Å². The maximum Gasteiger partial charge on any atom is 0.0721 e. The zero-order valence-electron chi connectivity index (χ0n) is 16.2. The maximum atomic E-state index is 5.84. The molecule has 0 saturated heterocycles. The lowest BCUT2D eigenvalue weighted by molar-refractivity contribution is 0.149. The molecule has 0 spiro atoms. The molecule has 1 nitrogen and oxygen atoms in total. The highest BCUT2D eigenvalue weighted by molar-refractivity contribution is 5.82. The van der Waals surface area contributed by atoms with Crippen LogP contribution in [0.25, 0.3) is 16.8 Å². The van der Waals surface area contributed by atoms with Crippen LogP contribution < -0.4 is 0 Å². The van der Waals surface area contributed by atoms with Crippen LogP contribution in [0.4, 0.5) is 0 Å². The van der Waals surface area contributed by atoms with Gasteiger partial charge >= 0.3 is 0 Å². The standard InChI is InChI=1S/C28H22O/c1-2-9-23(10-3-1)16-18-26-12-5-4-11-25(26)15-8-20-29-22-24-17-19-27-13-6-7-14-28(27)21-24/h1-15,17,19,21H,20,22H2. The van der Waals surface area contributed by atoms with E-state index in [4.69, 9.17) is 4.74 Å². The van der Waals surface area contributed by atoms with Crippen LogP contribution in [0, 0.1) is 11.8 Å². The predicted octanol–water partition coefficient (Wildman–Crippen LogP) is 6.47. The molecule has 0 heterocycles. The second-order valence-electron chi connectivity index (χ2n) is 6.80. The van der Waals surface area contributed by atoms with Gasteiger partial charge in [-0.25, -0.2) is 0 Å². The molecule has 0 fully saturated rings. The van der Waals surface area contributed by atoms with Crippen molar-refractivity contribution in [2.45, 2.75) is 6.61 Å². The van der Waals surface area contributed by atoms with Gasteiger partial charge in [0, 0.05) is 11.1 Å². The first-order chi connectivity index (χ1) is 14.4. The fourth-order valence-corrected chi connectivity index (χ4v) is 3.17. The molecule has 29 heavy (non-hydrogen) atoms. The molecule has 4 rings (SSSR count). The van der Waals surface area contributed by atoms with Gasteiger partial charge in [-0.3, -0.25) is 0 Å². The van der Waals surface area contributed by atoms with Crippen LogP contribution in [-0.4, -0.2) is 6.61 Å². The number of rotatable bonds is 5. The average Bonchev–Trinajstić information content (AvgIpc) is 2.79. The Balaban J connectivity index is 1.36. The summed E-state index contributed by atoms with van der Waals surface area (Å²) in [7, 11) is 0. The number of hydrogen-bond donors (Lipinski definition) is 0. The van der Waals surface area contributed by atoms with Crippen molar-refractivity contribution in [3.63, 3.8) is 0 Å². The summed E-state index contributed by atoms with van der Waals surface area (Å²) in [4.78, 5) is 0. The summed E-state index contributed by atoms with van der Waals surface area (Å²) >= 11 is 0. The molecule has 0 aliphatic carbocycles. The molecular formula is C28H22O. The normalized spacial score (nSPS) is 10.8. The minimum atomic E-state index is 0.563. The van der Waals surface area contributed by atoms with Gasteiger partial charge in [0.25, 0.3) is 0 Å². The maximum absolute atomic E-state index is 5.84. The van der Waals surface area contributed by atoms with Crippen LogP contribution in [0.5, 0.6) is 0 Å². The highest BCUT2D eigenvalue weighted by atomic mass is 16.5. The molecule has 0 aliphatic rings. The summed E-state index contributed by atoms with van der Waals surface area (Å²) < 4.78 is 5.84. The molecule has 140 valence electrons. The summed E-state index contributed by atoms with van der Waals surface area (Å²) in [5, 5.41) is 2.50. The molecule has 0 atom stereocenters. The van der Waals surface area contributed by atoms with E-state index in [9.17, 15) is 0 Å². The van der Waals surface area contributed by atoms with E-state index in [1.54, 1.807) is 0 Å². The Morgan fingerprint density at radius 2 is 1.45 bits per heavy atom. The van der Waals surface area contributed by atoms with Crippen LogP contribution in [0.15, 0.2) is 103 Å².